The highest BCUT2D eigenvalue weighted by molar-refractivity contribution is 7.95. The molecule has 1 aromatic heterocycles. The summed E-state index contributed by atoms with van der Waals surface area (Å²) >= 11 is 1.45. The summed E-state index contributed by atoms with van der Waals surface area (Å²) in [6.07, 6.45) is 0.174. The molecule has 1 aliphatic heterocycles. The van der Waals surface area contributed by atoms with Crippen molar-refractivity contribution in [3.8, 4) is 0 Å². The number of thiazole rings is 1. The smallest absolute Gasteiger partial charge is 0.215 e. The van der Waals surface area contributed by atoms with Gasteiger partial charge in [0.1, 0.15) is 0 Å². The van der Waals surface area contributed by atoms with E-state index < -0.39 is 25.1 Å². The molecule has 0 radical (unpaired) electrons. The maximum Gasteiger partial charge on any atom is 0.215 e. The number of sulfonamides is 1. The van der Waals surface area contributed by atoms with Crippen molar-refractivity contribution in [3.05, 3.63) is 16.1 Å². The highest BCUT2D eigenvalue weighted by Gasteiger charge is 2.36. The van der Waals surface area contributed by atoms with Crippen LogP contribution in [0.4, 0.5) is 0 Å². The minimum Gasteiger partial charge on any atom is -0.245 e. The van der Waals surface area contributed by atoms with Gasteiger partial charge in [-0.3, -0.25) is 0 Å². The Hall–Kier alpha value is -0.510. The van der Waals surface area contributed by atoms with Gasteiger partial charge >= 0.3 is 0 Å². The summed E-state index contributed by atoms with van der Waals surface area (Å²) in [4.78, 5) is 4.14. The SMILES string of the molecule is Cc1nc(CNS(=O)(=O)C2CCS(=O)(=O)C2)cs1. The Morgan fingerprint density at radius 2 is 2.28 bits per heavy atom. The van der Waals surface area contributed by atoms with E-state index in [-0.39, 0.29) is 24.5 Å². The first-order valence-corrected chi connectivity index (χ1v) is 9.63. The van der Waals surface area contributed by atoms with Gasteiger partial charge in [-0.15, -0.1) is 11.3 Å². The number of aromatic nitrogens is 1. The molecule has 102 valence electrons. The highest BCUT2D eigenvalue weighted by Crippen LogP contribution is 2.18. The molecule has 1 aliphatic rings. The standard InChI is InChI=1S/C9H14N2O4S3/c1-7-11-8(5-16-7)4-10-18(14,15)9-2-3-17(12,13)6-9/h5,9-10H,2-4,6H2,1H3. The predicted molar refractivity (Wildman–Crippen MR) is 69.7 cm³/mol. The largest absolute Gasteiger partial charge is 0.245 e. The second-order valence-electron chi connectivity index (χ2n) is 4.25. The van der Waals surface area contributed by atoms with Crippen molar-refractivity contribution in [2.24, 2.45) is 0 Å². The third kappa shape index (κ3) is 3.28. The van der Waals surface area contributed by atoms with Gasteiger partial charge in [-0.1, -0.05) is 0 Å². The van der Waals surface area contributed by atoms with Crippen molar-refractivity contribution in [1.29, 1.82) is 0 Å². The zero-order valence-electron chi connectivity index (χ0n) is 9.79. The topological polar surface area (TPSA) is 93.2 Å². The molecule has 1 aromatic rings. The molecule has 0 aromatic carbocycles. The summed E-state index contributed by atoms with van der Waals surface area (Å²) in [5, 5.41) is 1.82. The summed E-state index contributed by atoms with van der Waals surface area (Å²) in [6.45, 7) is 1.95. The Labute approximate surface area is 110 Å². The zero-order valence-corrected chi connectivity index (χ0v) is 12.2. The molecule has 1 N–H and O–H groups in total. The van der Waals surface area contributed by atoms with Gasteiger partial charge in [-0.25, -0.2) is 26.5 Å². The Morgan fingerprint density at radius 3 is 2.78 bits per heavy atom. The summed E-state index contributed by atoms with van der Waals surface area (Å²) < 4.78 is 48.7. The lowest BCUT2D eigenvalue weighted by Crippen LogP contribution is -2.34. The number of hydrogen-bond donors (Lipinski definition) is 1. The number of aryl methyl sites for hydroxylation is 1. The molecular formula is C9H14N2O4S3. The van der Waals surface area contributed by atoms with Crippen LogP contribution < -0.4 is 4.72 Å². The molecular weight excluding hydrogens is 296 g/mol. The van der Waals surface area contributed by atoms with Crippen molar-refractivity contribution in [1.82, 2.24) is 9.71 Å². The fourth-order valence-electron chi connectivity index (χ4n) is 1.79. The van der Waals surface area contributed by atoms with Gasteiger partial charge < -0.3 is 0 Å². The fourth-order valence-corrected chi connectivity index (χ4v) is 6.44. The maximum atomic E-state index is 11.9. The van der Waals surface area contributed by atoms with E-state index >= 15 is 0 Å². The molecule has 0 spiro atoms. The van der Waals surface area contributed by atoms with Gasteiger partial charge in [0.25, 0.3) is 0 Å². The number of nitrogens with zero attached hydrogens (tertiary/aromatic N) is 1. The number of sulfone groups is 1. The van der Waals surface area contributed by atoms with Crippen molar-refractivity contribution in [3.63, 3.8) is 0 Å². The summed E-state index contributed by atoms with van der Waals surface area (Å²) in [5.41, 5.74) is 0.655. The molecule has 0 saturated carbocycles. The average Bonchev–Trinajstić information content (AvgIpc) is 2.82. The first kappa shape index (κ1) is 13.9. The minimum atomic E-state index is -3.58. The molecule has 0 aliphatic carbocycles. The maximum absolute atomic E-state index is 11.9. The van der Waals surface area contributed by atoms with Gasteiger partial charge in [-0.2, -0.15) is 0 Å². The van der Waals surface area contributed by atoms with Crippen LogP contribution >= 0.6 is 11.3 Å². The lowest BCUT2D eigenvalue weighted by Gasteiger charge is -2.10. The number of rotatable bonds is 4. The van der Waals surface area contributed by atoms with Crippen LogP contribution in [-0.4, -0.2) is 38.6 Å². The van der Waals surface area contributed by atoms with Crippen LogP contribution in [0.2, 0.25) is 0 Å². The average molecular weight is 310 g/mol. The van der Waals surface area contributed by atoms with E-state index in [1.807, 2.05) is 6.92 Å². The van der Waals surface area contributed by atoms with Crippen LogP contribution in [-0.2, 0) is 26.4 Å². The normalized spacial score (nSPS) is 23.3. The van der Waals surface area contributed by atoms with Gasteiger partial charge in [0.2, 0.25) is 10.0 Å². The van der Waals surface area contributed by atoms with Gasteiger partial charge in [0, 0.05) is 5.38 Å². The van der Waals surface area contributed by atoms with E-state index in [0.29, 0.717) is 5.69 Å². The third-order valence-corrected chi connectivity index (χ3v) is 7.38. The van der Waals surface area contributed by atoms with Gasteiger partial charge in [-0.05, 0) is 13.3 Å². The highest BCUT2D eigenvalue weighted by atomic mass is 32.2. The van der Waals surface area contributed by atoms with Gasteiger partial charge in [0.15, 0.2) is 9.84 Å². The second kappa shape index (κ2) is 4.87. The van der Waals surface area contributed by atoms with Crippen LogP contribution in [0.3, 0.4) is 0 Å². The molecule has 1 saturated heterocycles. The van der Waals surface area contributed by atoms with E-state index in [1.54, 1.807) is 5.38 Å². The predicted octanol–water partition coefficient (Wildman–Crippen LogP) is 0.0580. The van der Waals surface area contributed by atoms with Crippen molar-refractivity contribution >= 4 is 31.2 Å². The third-order valence-electron chi connectivity index (χ3n) is 2.75. The van der Waals surface area contributed by atoms with Crippen molar-refractivity contribution in [2.45, 2.75) is 25.1 Å². The van der Waals surface area contributed by atoms with E-state index in [4.69, 9.17) is 0 Å². The molecule has 1 fully saturated rings. The van der Waals surface area contributed by atoms with Crippen LogP contribution in [0, 0.1) is 6.92 Å². The van der Waals surface area contributed by atoms with Crippen molar-refractivity contribution < 1.29 is 16.8 Å². The lowest BCUT2D eigenvalue weighted by atomic mass is 10.4. The fraction of sp³-hybridized carbons (Fsp3) is 0.667. The molecule has 0 bridgehead atoms. The van der Waals surface area contributed by atoms with Crippen LogP contribution in [0.25, 0.3) is 0 Å². The first-order chi connectivity index (χ1) is 8.28. The molecule has 2 heterocycles. The Balaban J connectivity index is 2.00. The zero-order chi connectivity index (χ0) is 13.4. The Morgan fingerprint density at radius 1 is 1.56 bits per heavy atom. The molecule has 2 rings (SSSR count). The van der Waals surface area contributed by atoms with Crippen LogP contribution in [0.1, 0.15) is 17.1 Å². The van der Waals surface area contributed by atoms with Crippen LogP contribution in [0.5, 0.6) is 0 Å². The van der Waals surface area contributed by atoms with E-state index in [0.717, 1.165) is 5.01 Å². The summed E-state index contributed by atoms with van der Waals surface area (Å²) in [6, 6.07) is 0. The van der Waals surface area contributed by atoms with E-state index in [9.17, 15) is 16.8 Å². The molecule has 0 amide bonds. The van der Waals surface area contributed by atoms with Crippen LogP contribution in [0.15, 0.2) is 5.38 Å². The molecule has 6 nitrogen and oxygen atoms in total. The van der Waals surface area contributed by atoms with E-state index in [1.165, 1.54) is 11.3 Å². The quantitative estimate of drug-likeness (QED) is 0.848. The van der Waals surface area contributed by atoms with E-state index in [2.05, 4.69) is 9.71 Å². The molecule has 1 atom stereocenters. The molecule has 1 unspecified atom stereocenters. The second-order valence-corrected chi connectivity index (χ2v) is 9.59. The Kier molecular flexibility index (Phi) is 3.77. The molecule has 9 heteroatoms. The summed E-state index contributed by atoms with van der Waals surface area (Å²) in [5.74, 6) is -0.327. The Bertz CT molecular complexity index is 633. The first-order valence-electron chi connectivity index (χ1n) is 5.38. The number of nitrogens with one attached hydrogen (secondary N) is 1. The lowest BCUT2D eigenvalue weighted by molar-refractivity contribution is 0.567. The summed E-state index contributed by atoms with van der Waals surface area (Å²) in [7, 11) is -6.77. The minimum absolute atomic E-state index is 0.0472. The van der Waals surface area contributed by atoms with Crippen molar-refractivity contribution in [2.75, 3.05) is 11.5 Å². The monoisotopic (exact) mass is 310 g/mol. The van der Waals surface area contributed by atoms with Gasteiger partial charge in [0.05, 0.1) is 34.0 Å². The number of hydrogen-bond acceptors (Lipinski definition) is 6. The molecule has 18 heavy (non-hydrogen) atoms.